The summed E-state index contributed by atoms with van der Waals surface area (Å²) in [6.45, 7) is 6.04. The number of hydrogen-bond donors (Lipinski definition) is 2. The van der Waals surface area contributed by atoms with Gasteiger partial charge in [-0.1, -0.05) is 48.7 Å². The number of nitrogens with zero attached hydrogens (tertiary/aromatic N) is 2. The monoisotopic (exact) mass is 517 g/mol. The molecule has 0 radical (unpaired) electrons. The molecule has 0 aromatic heterocycles. The fourth-order valence-corrected chi connectivity index (χ4v) is 4.81. The molecule has 2 amide bonds. The Bertz CT molecular complexity index is 1130. The van der Waals surface area contributed by atoms with Crippen molar-refractivity contribution in [3.63, 3.8) is 0 Å². The molecule has 0 bridgehead atoms. The molecule has 0 spiro atoms. The summed E-state index contributed by atoms with van der Waals surface area (Å²) in [5, 5.41) is 12.2. The van der Waals surface area contributed by atoms with Gasteiger partial charge in [0.25, 0.3) is 11.8 Å². The molecule has 2 aromatic rings. The van der Waals surface area contributed by atoms with Crippen LogP contribution in [-0.2, 0) is 9.59 Å². The van der Waals surface area contributed by atoms with Gasteiger partial charge < -0.3 is 15.3 Å². The number of amides is 2. The van der Waals surface area contributed by atoms with E-state index in [-0.39, 0.29) is 30.8 Å². The highest BCUT2D eigenvalue weighted by molar-refractivity contribution is 6.47. The minimum atomic E-state index is -0.975. The minimum absolute atomic E-state index is 0.0536. The minimum Gasteiger partial charge on any atom is -0.481 e. The zero-order chi connectivity index (χ0) is 25.8. The Labute approximate surface area is 215 Å². The van der Waals surface area contributed by atoms with Crippen LogP contribution in [0.1, 0.15) is 74.0 Å². The summed E-state index contributed by atoms with van der Waals surface area (Å²) in [4.78, 5) is 43.3. The average molecular weight is 518 g/mol. The summed E-state index contributed by atoms with van der Waals surface area (Å²) < 4.78 is 0. The normalized spacial score (nSPS) is 18.4. The first kappa shape index (κ1) is 26.7. The number of hydrogen-bond acceptors (Lipinski definition) is 4. The van der Waals surface area contributed by atoms with E-state index in [9.17, 15) is 14.4 Å². The van der Waals surface area contributed by atoms with Crippen LogP contribution in [0.3, 0.4) is 0 Å². The Morgan fingerprint density at radius 2 is 1.77 bits per heavy atom. The molecule has 0 fully saturated rings. The van der Waals surface area contributed by atoms with Crippen LogP contribution in [0.25, 0.3) is 0 Å². The number of carboxylic acids is 1. The Kier molecular flexibility index (Phi) is 8.56. The number of halogens is 2. The molecular weight excluding hydrogens is 489 g/mol. The van der Waals surface area contributed by atoms with Crippen molar-refractivity contribution in [2.45, 2.75) is 58.2 Å². The van der Waals surface area contributed by atoms with Crippen molar-refractivity contribution in [3.05, 3.63) is 69.2 Å². The molecule has 1 aliphatic rings. The highest BCUT2D eigenvalue weighted by Crippen LogP contribution is 2.39. The van der Waals surface area contributed by atoms with E-state index in [1.54, 1.807) is 47.4 Å². The summed E-state index contributed by atoms with van der Waals surface area (Å²) in [5.41, 5.74) is 1.43. The Morgan fingerprint density at radius 3 is 2.34 bits per heavy atom. The molecule has 3 rings (SSSR count). The van der Waals surface area contributed by atoms with E-state index in [4.69, 9.17) is 33.3 Å². The van der Waals surface area contributed by atoms with E-state index in [1.165, 1.54) is 0 Å². The van der Waals surface area contributed by atoms with Gasteiger partial charge in [0.15, 0.2) is 0 Å². The lowest BCUT2D eigenvalue weighted by atomic mass is 9.98. The van der Waals surface area contributed by atoms with Gasteiger partial charge >= 0.3 is 5.97 Å². The summed E-state index contributed by atoms with van der Waals surface area (Å²) >= 11 is 12.4. The molecule has 7 nitrogen and oxygen atoms in total. The van der Waals surface area contributed by atoms with Gasteiger partial charge in [-0.15, -0.1) is 0 Å². The van der Waals surface area contributed by atoms with Gasteiger partial charge in [-0.25, -0.2) is 0 Å². The highest BCUT2D eigenvalue weighted by atomic mass is 35.5. The molecule has 1 heterocycles. The molecule has 9 heteroatoms. The first-order chi connectivity index (χ1) is 16.6. The average Bonchev–Trinajstić information content (AvgIpc) is 3.07. The molecule has 2 atom stereocenters. The molecular formula is C26H29Cl2N3O4. The molecule has 1 unspecified atom stereocenters. The predicted molar refractivity (Wildman–Crippen MR) is 137 cm³/mol. The fourth-order valence-electron chi connectivity index (χ4n) is 4.28. The lowest BCUT2D eigenvalue weighted by Crippen LogP contribution is -2.46. The Balaban J connectivity index is 1.86. The lowest BCUT2D eigenvalue weighted by molar-refractivity contribution is -0.136. The number of carbonyl (C=O) groups excluding carboxylic acids is 2. The maximum Gasteiger partial charge on any atom is 0.305 e. The van der Waals surface area contributed by atoms with E-state index in [0.29, 0.717) is 33.3 Å². The van der Waals surface area contributed by atoms with Gasteiger partial charge in [0.2, 0.25) is 0 Å². The highest BCUT2D eigenvalue weighted by Gasteiger charge is 2.46. The zero-order valence-electron chi connectivity index (χ0n) is 20.0. The van der Waals surface area contributed by atoms with Crippen LogP contribution < -0.4 is 5.32 Å². The first-order valence-electron chi connectivity index (χ1n) is 11.6. The topological polar surface area (TPSA) is 99.1 Å². The third-order valence-corrected chi connectivity index (χ3v) is 6.54. The quantitative estimate of drug-likeness (QED) is 0.434. The van der Waals surface area contributed by atoms with Gasteiger partial charge in [0, 0.05) is 27.7 Å². The summed E-state index contributed by atoms with van der Waals surface area (Å²) in [6, 6.07) is 11.6. The number of aliphatic carboxylic acids is 1. The summed E-state index contributed by atoms with van der Waals surface area (Å²) in [7, 11) is 0. The van der Waals surface area contributed by atoms with Crippen LogP contribution >= 0.6 is 23.2 Å². The number of carbonyl (C=O) groups is 3. The first-order valence-corrected chi connectivity index (χ1v) is 12.3. The van der Waals surface area contributed by atoms with Gasteiger partial charge in [0.1, 0.15) is 11.4 Å². The third kappa shape index (κ3) is 6.21. The SMILES string of the molecule is CCCCC1(C)N=C(c2cc(Cl)cc(Cl)c2)C(=O)N1[C@H](C)c1ccc(C(=O)NCCC(=O)O)cc1. The molecule has 0 aliphatic carbocycles. The van der Waals surface area contributed by atoms with E-state index in [1.807, 2.05) is 13.8 Å². The van der Waals surface area contributed by atoms with E-state index >= 15 is 0 Å². The predicted octanol–water partition coefficient (Wildman–Crippen LogP) is 5.50. The molecule has 2 aromatic carbocycles. The molecule has 0 saturated carbocycles. The maximum absolute atomic E-state index is 13.7. The van der Waals surface area contributed by atoms with E-state index < -0.39 is 11.6 Å². The zero-order valence-corrected chi connectivity index (χ0v) is 21.5. The number of rotatable bonds is 10. The van der Waals surface area contributed by atoms with Crippen molar-refractivity contribution in [1.29, 1.82) is 0 Å². The number of carboxylic acid groups (broad SMARTS) is 1. The van der Waals surface area contributed by atoms with Crippen molar-refractivity contribution in [1.82, 2.24) is 10.2 Å². The second-order valence-corrected chi connectivity index (χ2v) is 9.68. The molecule has 2 N–H and O–H groups in total. The Morgan fingerprint density at radius 1 is 1.14 bits per heavy atom. The fraction of sp³-hybridized carbons (Fsp3) is 0.385. The second-order valence-electron chi connectivity index (χ2n) is 8.81. The van der Waals surface area contributed by atoms with Gasteiger partial charge in [-0.3, -0.25) is 19.4 Å². The van der Waals surface area contributed by atoms with Crippen molar-refractivity contribution in [3.8, 4) is 0 Å². The number of nitrogens with one attached hydrogen (secondary N) is 1. The molecule has 186 valence electrons. The van der Waals surface area contributed by atoms with Crippen molar-refractivity contribution in [2.24, 2.45) is 4.99 Å². The van der Waals surface area contributed by atoms with Crippen molar-refractivity contribution >= 4 is 46.7 Å². The number of unbranched alkanes of at least 4 members (excludes halogenated alkanes) is 1. The molecule has 0 saturated heterocycles. The molecule has 35 heavy (non-hydrogen) atoms. The van der Waals surface area contributed by atoms with Crippen LogP contribution in [0.4, 0.5) is 0 Å². The van der Waals surface area contributed by atoms with Crippen LogP contribution in [0, 0.1) is 0 Å². The van der Waals surface area contributed by atoms with Gasteiger partial charge in [-0.2, -0.15) is 0 Å². The van der Waals surface area contributed by atoms with Crippen molar-refractivity contribution < 1.29 is 19.5 Å². The van der Waals surface area contributed by atoms with Gasteiger partial charge in [0.05, 0.1) is 12.5 Å². The maximum atomic E-state index is 13.7. The lowest BCUT2D eigenvalue weighted by Gasteiger charge is -2.38. The van der Waals surface area contributed by atoms with Crippen LogP contribution in [-0.4, -0.2) is 45.7 Å². The number of benzene rings is 2. The van der Waals surface area contributed by atoms with Crippen LogP contribution in [0.5, 0.6) is 0 Å². The Hall–Kier alpha value is -2.90. The standard InChI is InChI=1S/C26H29Cl2N3O4/c1-4-5-11-26(3)30-23(19-13-20(27)15-21(28)14-19)25(35)31(26)16(2)17-6-8-18(9-7-17)24(34)29-12-10-22(32)33/h6-9,13-16H,4-5,10-12H2,1-3H3,(H,29,34)(H,32,33)/t16-,26?/m1/s1. The van der Waals surface area contributed by atoms with Crippen molar-refractivity contribution in [2.75, 3.05) is 6.54 Å². The summed E-state index contributed by atoms with van der Waals surface area (Å²) in [5.74, 6) is -1.53. The largest absolute Gasteiger partial charge is 0.481 e. The number of aliphatic imine (C=N–C) groups is 1. The van der Waals surface area contributed by atoms with Gasteiger partial charge in [-0.05, 0) is 62.6 Å². The van der Waals surface area contributed by atoms with Crippen LogP contribution in [0.15, 0.2) is 47.5 Å². The molecule has 1 aliphatic heterocycles. The van der Waals surface area contributed by atoms with Crippen LogP contribution in [0.2, 0.25) is 10.0 Å². The smallest absolute Gasteiger partial charge is 0.305 e. The van der Waals surface area contributed by atoms with E-state index in [2.05, 4.69) is 12.2 Å². The second kappa shape index (κ2) is 11.2. The van der Waals surface area contributed by atoms with E-state index in [0.717, 1.165) is 18.4 Å². The third-order valence-electron chi connectivity index (χ3n) is 6.10. The summed E-state index contributed by atoms with van der Waals surface area (Å²) in [6.07, 6.45) is 2.41.